The second kappa shape index (κ2) is 6.64. The fourth-order valence-electron chi connectivity index (χ4n) is 2.85. The molecule has 0 atom stereocenters. The van der Waals surface area contributed by atoms with E-state index in [1.807, 2.05) is 54.6 Å². The maximum absolute atomic E-state index is 11.4. The largest absolute Gasteiger partial charge is 0.478 e. The Kier molecular flexibility index (Phi) is 4.03. The molecule has 26 heavy (non-hydrogen) atoms. The maximum atomic E-state index is 11.4. The minimum absolute atomic E-state index is 0.172. The zero-order valence-electron chi connectivity index (χ0n) is 13.8. The number of aromatic carboxylic acids is 1. The van der Waals surface area contributed by atoms with Gasteiger partial charge in [0.25, 0.3) is 0 Å². The Bertz CT molecular complexity index is 1090. The Balaban J connectivity index is 1.86. The van der Waals surface area contributed by atoms with Crippen molar-refractivity contribution >= 4 is 28.5 Å². The summed E-state index contributed by atoms with van der Waals surface area (Å²) in [7, 11) is 0. The SMILES string of the molecule is O=C(O)c1ccccc1Nc1nc(-c2ccccc2)c2ccccc2n1. The van der Waals surface area contributed by atoms with Crippen LogP contribution in [0, 0.1) is 0 Å². The van der Waals surface area contributed by atoms with Gasteiger partial charge in [-0.2, -0.15) is 0 Å². The number of hydrogen-bond acceptors (Lipinski definition) is 4. The molecule has 0 aliphatic rings. The van der Waals surface area contributed by atoms with E-state index in [0.29, 0.717) is 11.6 Å². The summed E-state index contributed by atoms with van der Waals surface area (Å²) >= 11 is 0. The smallest absolute Gasteiger partial charge is 0.337 e. The third-order valence-corrected chi connectivity index (χ3v) is 4.05. The topological polar surface area (TPSA) is 75.1 Å². The first-order chi connectivity index (χ1) is 12.7. The normalized spacial score (nSPS) is 10.6. The van der Waals surface area contributed by atoms with Crippen LogP contribution in [0.4, 0.5) is 11.6 Å². The van der Waals surface area contributed by atoms with Gasteiger partial charge in [-0.15, -0.1) is 0 Å². The third kappa shape index (κ3) is 2.98. The number of carboxylic acid groups (broad SMARTS) is 1. The molecular formula is C21H15N3O2. The van der Waals surface area contributed by atoms with E-state index in [1.54, 1.807) is 24.3 Å². The first-order valence-electron chi connectivity index (χ1n) is 8.14. The molecular weight excluding hydrogens is 326 g/mol. The van der Waals surface area contributed by atoms with Gasteiger partial charge in [-0.05, 0) is 18.2 Å². The number of hydrogen-bond donors (Lipinski definition) is 2. The molecule has 0 aliphatic heterocycles. The van der Waals surface area contributed by atoms with Crippen LogP contribution < -0.4 is 5.32 Å². The van der Waals surface area contributed by atoms with Gasteiger partial charge < -0.3 is 10.4 Å². The van der Waals surface area contributed by atoms with Gasteiger partial charge >= 0.3 is 5.97 Å². The lowest BCUT2D eigenvalue weighted by Gasteiger charge is -2.12. The molecule has 2 N–H and O–H groups in total. The molecule has 4 aromatic rings. The van der Waals surface area contributed by atoms with Crippen LogP contribution in [-0.2, 0) is 0 Å². The number of carbonyl (C=O) groups is 1. The molecule has 5 heteroatoms. The minimum atomic E-state index is -1.00. The van der Waals surface area contributed by atoms with Crippen LogP contribution in [0.2, 0.25) is 0 Å². The fraction of sp³-hybridized carbons (Fsp3) is 0. The summed E-state index contributed by atoms with van der Waals surface area (Å²) in [4.78, 5) is 20.6. The van der Waals surface area contributed by atoms with Crippen LogP contribution in [0.5, 0.6) is 0 Å². The quantitative estimate of drug-likeness (QED) is 0.561. The van der Waals surface area contributed by atoms with E-state index >= 15 is 0 Å². The summed E-state index contributed by atoms with van der Waals surface area (Å²) in [6.07, 6.45) is 0. The Hall–Kier alpha value is -3.73. The van der Waals surface area contributed by atoms with Crippen LogP contribution in [0.15, 0.2) is 78.9 Å². The number of aromatic nitrogens is 2. The van der Waals surface area contributed by atoms with E-state index in [9.17, 15) is 9.90 Å². The second-order valence-electron chi connectivity index (χ2n) is 5.75. The molecule has 0 saturated heterocycles. The maximum Gasteiger partial charge on any atom is 0.337 e. The molecule has 0 amide bonds. The number of fused-ring (bicyclic) bond motifs is 1. The van der Waals surface area contributed by atoms with Gasteiger partial charge in [-0.25, -0.2) is 14.8 Å². The number of nitrogens with zero attached hydrogens (tertiary/aromatic N) is 2. The lowest BCUT2D eigenvalue weighted by molar-refractivity contribution is 0.0698. The number of carboxylic acids is 1. The predicted octanol–water partition coefficient (Wildman–Crippen LogP) is 4.74. The first kappa shape index (κ1) is 15.8. The lowest BCUT2D eigenvalue weighted by Crippen LogP contribution is -2.05. The molecule has 0 bridgehead atoms. The van der Waals surface area contributed by atoms with E-state index in [4.69, 9.17) is 0 Å². The van der Waals surface area contributed by atoms with Gasteiger partial charge in [0, 0.05) is 10.9 Å². The molecule has 1 heterocycles. The minimum Gasteiger partial charge on any atom is -0.478 e. The molecule has 0 radical (unpaired) electrons. The molecule has 126 valence electrons. The van der Waals surface area contributed by atoms with Crippen LogP contribution >= 0.6 is 0 Å². The average Bonchev–Trinajstić information content (AvgIpc) is 2.68. The predicted molar refractivity (Wildman–Crippen MR) is 102 cm³/mol. The van der Waals surface area contributed by atoms with Crippen molar-refractivity contribution < 1.29 is 9.90 Å². The van der Waals surface area contributed by atoms with Crippen molar-refractivity contribution in [2.24, 2.45) is 0 Å². The molecule has 0 unspecified atom stereocenters. The zero-order chi connectivity index (χ0) is 17.9. The summed E-state index contributed by atoms with van der Waals surface area (Å²) < 4.78 is 0. The highest BCUT2D eigenvalue weighted by Gasteiger charge is 2.13. The van der Waals surface area contributed by atoms with Gasteiger partial charge in [0.05, 0.1) is 22.5 Å². The summed E-state index contributed by atoms with van der Waals surface area (Å²) in [5.74, 6) is -0.645. The zero-order valence-corrected chi connectivity index (χ0v) is 13.8. The Morgan fingerprint density at radius 1 is 0.808 bits per heavy atom. The molecule has 0 fully saturated rings. The van der Waals surface area contributed by atoms with Gasteiger partial charge in [-0.1, -0.05) is 60.7 Å². The Labute approximate surface area is 150 Å². The van der Waals surface area contributed by atoms with Crippen molar-refractivity contribution in [3.63, 3.8) is 0 Å². The first-order valence-corrected chi connectivity index (χ1v) is 8.14. The van der Waals surface area contributed by atoms with Gasteiger partial charge in [0.15, 0.2) is 0 Å². The highest BCUT2D eigenvalue weighted by molar-refractivity contribution is 5.96. The molecule has 0 aliphatic carbocycles. The van der Waals surface area contributed by atoms with Gasteiger partial charge in [0.2, 0.25) is 5.95 Å². The number of benzene rings is 3. The van der Waals surface area contributed by atoms with Crippen molar-refractivity contribution in [2.45, 2.75) is 0 Å². The summed E-state index contributed by atoms with van der Waals surface area (Å²) in [6.45, 7) is 0. The van der Waals surface area contributed by atoms with Crippen LogP contribution in [0.1, 0.15) is 10.4 Å². The summed E-state index contributed by atoms with van der Waals surface area (Å²) in [6, 6.07) is 24.3. The van der Waals surface area contributed by atoms with Crippen LogP contribution in [-0.4, -0.2) is 21.0 Å². The molecule has 0 spiro atoms. The summed E-state index contributed by atoms with van der Waals surface area (Å²) in [5.41, 5.74) is 3.18. The summed E-state index contributed by atoms with van der Waals surface area (Å²) in [5, 5.41) is 13.4. The van der Waals surface area contributed by atoms with Gasteiger partial charge in [-0.3, -0.25) is 0 Å². The molecule has 5 nitrogen and oxygen atoms in total. The highest BCUT2D eigenvalue weighted by atomic mass is 16.4. The Morgan fingerprint density at radius 2 is 1.50 bits per heavy atom. The van der Waals surface area contributed by atoms with E-state index < -0.39 is 5.97 Å². The number of nitrogens with one attached hydrogen (secondary N) is 1. The standard InChI is InChI=1S/C21H15N3O2/c25-20(26)16-11-5-7-13-18(16)23-21-22-17-12-6-4-10-15(17)19(24-21)14-8-2-1-3-9-14/h1-13H,(H,25,26)(H,22,23,24). The third-order valence-electron chi connectivity index (χ3n) is 4.05. The molecule has 1 aromatic heterocycles. The molecule has 4 rings (SSSR count). The van der Waals surface area contributed by atoms with E-state index in [1.165, 1.54) is 0 Å². The van der Waals surface area contributed by atoms with Crippen molar-refractivity contribution in [1.82, 2.24) is 9.97 Å². The average molecular weight is 341 g/mol. The van der Waals surface area contributed by atoms with Crippen molar-refractivity contribution in [3.8, 4) is 11.3 Å². The monoisotopic (exact) mass is 341 g/mol. The van der Waals surface area contributed by atoms with Crippen molar-refractivity contribution in [3.05, 3.63) is 84.4 Å². The van der Waals surface area contributed by atoms with E-state index in [-0.39, 0.29) is 5.56 Å². The van der Waals surface area contributed by atoms with Crippen LogP contribution in [0.25, 0.3) is 22.2 Å². The second-order valence-corrected chi connectivity index (χ2v) is 5.75. The van der Waals surface area contributed by atoms with Gasteiger partial charge in [0.1, 0.15) is 0 Å². The molecule has 0 saturated carbocycles. The van der Waals surface area contributed by atoms with Crippen molar-refractivity contribution in [2.75, 3.05) is 5.32 Å². The number of anilines is 2. The van der Waals surface area contributed by atoms with E-state index in [2.05, 4.69) is 15.3 Å². The van der Waals surface area contributed by atoms with Crippen molar-refractivity contribution in [1.29, 1.82) is 0 Å². The number of para-hydroxylation sites is 2. The molecule has 3 aromatic carbocycles. The van der Waals surface area contributed by atoms with E-state index in [0.717, 1.165) is 22.2 Å². The number of rotatable bonds is 4. The Morgan fingerprint density at radius 3 is 2.31 bits per heavy atom. The van der Waals surface area contributed by atoms with Crippen LogP contribution in [0.3, 0.4) is 0 Å². The fourth-order valence-corrected chi connectivity index (χ4v) is 2.85. The lowest BCUT2D eigenvalue weighted by atomic mass is 10.1. The highest BCUT2D eigenvalue weighted by Crippen LogP contribution is 2.28.